The lowest BCUT2D eigenvalue weighted by molar-refractivity contribution is 0.581. The Bertz CT molecular complexity index is 661. The van der Waals surface area contributed by atoms with Gasteiger partial charge in [0, 0.05) is 38.4 Å². The molecule has 0 aromatic carbocycles. The summed E-state index contributed by atoms with van der Waals surface area (Å²) < 4.78 is 29.0. The van der Waals surface area contributed by atoms with E-state index in [1.54, 1.807) is 16.9 Å². The summed E-state index contributed by atoms with van der Waals surface area (Å²) in [5.74, 6) is 0. The molecule has 110 valence electrons. The maximum atomic E-state index is 12.1. The Morgan fingerprint density at radius 1 is 1.45 bits per heavy atom. The molecular weight excluding hydrogens is 296 g/mol. The minimum absolute atomic E-state index is 0.354. The number of sulfonamides is 1. The predicted molar refractivity (Wildman–Crippen MR) is 79.2 cm³/mol. The molecule has 6 nitrogen and oxygen atoms in total. The third-order valence-electron chi connectivity index (χ3n) is 2.87. The van der Waals surface area contributed by atoms with E-state index in [1.165, 1.54) is 11.3 Å². The van der Waals surface area contributed by atoms with E-state index in [0.29, 0.717) is 23.7 Å². The molecule has 0 spiro atoms. The molecule has 0 aliphatic heterocycles. The number of nitrogens with one attached hydrogen (secondary N) is 2. The number of thiophene rings is 1. The lowest BCUT2D eigenvalue weighted by Gasteiger charge is -2.05. The van der Waals surface area contributed by atoms with Crippen LogP contribution in [0.5, 0.6) is 0 Å². The quantitative estimate of drug-likeness (QED) is 0.790. The molecule has 0 aliphatic carbocycles. The first kappa shape index (κ1) is 15.2. The van der Waals surface area contributed by atoms with Gasteiger partial charge in [0.2, 0.25) is 10.0 Å². The van der Waals surface area contributed by atoms with Crippen molar-refractivity contribution in [3.05, 3.63) is 35.0 Å². The highest BCUT2D eigenvalue weighted by molar-refractivity contribution is 7.91. The summed E-state index contributed by atoms with van der Waals surface area (Å²) in [5, 5.41) is 8.90. The molecule has 0 unspecified atom stereocenters. The highest BCUT2D eigenvalue weighted by atomic mass is 32.2. The van der Waals surface area contributed by atoms with E-state index in [4.69, 9.17) is 0 Å². The Kier molecular flexibility index (Phi) is 4.92. The maximum Gasteiger partial charge on any atom is 0.250 e. The molecule has 2 aromatic heterocycles. The van der Waals surface area contributed by atoms with Crippen LogP contribution in [0.1, 0.15) is 11.3 Å². The fourth-order valence-electron chi connectivity index (χ4n) is 1.82. The first-order chi connectivity index (χ1) is 9.53. The molecule has 2 N–H and O–H groups in total. The average molecular weight is 314 g/mol. The van der Waals surface area contributed by atoms with Gasteiger partial charge in [-0.1, -0.05) is 0 Å². The van der Waals surface area contributed by atoms with Crippen molar-refractivity contribution in [2.45, 2.75) is 17.2 Å². The fraction of sp³-hybridized carbons (Fsp3) is 0.417. The number of hydrogen-bond donors (Lipinski definition) is 2. The second-order valence-corrected chi connectivity index (χ2v) is 7.30. The Hall–Kier alpha value is -1.22. The Balaban J connectivity index is 1.95. The van der Waals surface area contributed by atoms with Crippen molar-refractivity contribution in [3.63, 3.8) is 0 Å². The van der Waals surface area contributed by atoms with Gasteiger partial charge in [0.25, 0.3) is 0 Å². The molecule has 0 atom stereocenters. The van der Waals surface area contributed by atoms with Crippen molar-refractivity contribution in [1.82, 2.24) is 19.8 Å². The van der Waals surface area contributed by atoms with Crippen molar-refractivity contribution in [2.24, 2.45) is 7.05 Å². The fourth-order valence-corrected chi connectivity index (χ4v) is 4.11. The average Bonchev–Trinajstić information content (AvgIpc) is 3.00. The number of hydrogen-bond acceptors (Lipinski definition) is 5. The molecule has 0 saturated carbocycles. The van der Waals surface area contributed by atoms with Crippen molar-refractivity contribution < 1.29 is 8.42 Å². The smallest absolute Gasteiger partial charge is 0.250 e. The number of nitrogens with zero attached hydrogens (tertiary/aromatic N) is 2. The second kappa shape index (κ2) is 6.49. The van der Waals surface area contributed by atoms with Crippen molar-refractivity contribution in [2.75, 3.05) is 13.6 Å². The van der Waals surface area contributed by atoms with E-state index in [0.717, 1.165) is 11.3 Å². The Morgan fingerprint density at radius 2 is 2.25 bits per heavy atom. The van der Waals surface area contributed by atoms with E-state index in [2.05, 4.69) is 15.1 Å². The maximum absolute atomic E-state index is 12.1. The first-order valence-corrected chi connectivity index (χ1v) is 8.58. The van der Waals surface area contributed by atoms with Crippen LogP contribution in [0, 0.1) is 0 Å². The van der Waals surface area contributed by atoms with E-state index in [-0.39, 0.29) is 0 Å². The summed E-state index contributed by atoms with van der Waals surface area (Å²) in [5.41, 5.74) is 1.97. The zero-order valence-corrected chi connectivity index (χ0v) is 13.1. The molecule has 0 radical (unpaired) electrons. The van der Waals surface area contributed by atoms with Crippen LogP contribution in [0.4, 0.5) is 0 Å². The van der Waals surface area contributed by atoms with Gasteiger partial charge in [-0.25, -0.2) is 13.1 Å². The van der Waals surface area contributed by atoms with E-state index < -0.39 is 10.0 Å². The lowest BCUT2D eigenvalue weighted by atomic mass is 10.3. The third-order valence-corrected chi connectivity index (χ3v) is 5.82. The topological polar surface area (TPSA) is 76.0 Å². The zero-order valence-electron chi connectivity index (χ0n) is 11.5. The van der Waals surface area contributed by atoms with Crippen LogP contribution >= 0.6 is 11.3 Å². The van der Waals surface area contributed by atoms with Crippen LogP contribution in [-0.4, -0.2) is 31.8 Å². The van der Waals surface area contributed by atoms with Crippen molar-refractivity contribution in [3.8, 4) is 0 Å². The molecule has 0 bridgehead atoms. The summed E-state index contributed by atoms with van der Waals surface area (Å²) >= 11 is 1.24. The van der Waals surface area contributed by atoms with Crippen LogP contribution in [0.2, 0.25) is 0 Å². The van der Waals surface area contributed by atoms with Crippen LogP contribution in [0.15, 0.2) is 27.9 Å². The van der Waals surface area contributed by atoms with Gasteiger partial charge in [-0.15, -0.1) is 11.3 Å². The molecule has 20 heavy (non-hydrogen) atoms. The lowest BCUT2D eigenvalue weighted by Crippen LogP contribution is -2.25. The highest BCUT2D eigenvalue weighted by Crippen LogP contribution is 2.19. The molecule has 0 saturated heterocycles. The third kappa shape index (κ3) is 3.66. The van der Waals surface area contributed by atoms with Crippen LogP contribution in [0.25, 0.3) is 0 Å². The zero-order chi connectivity index (χ0) is 14.6. The first-order valence-electron chi connectivity index (χ1n) is 6.21. The summed E-state index contributed by atoms with van der Waals surface area (Å²) in [6.07, 6.45) is 2.32. The molecule has 2 rings (SSSR count). The number of rotatable bonds is 7. The van der Waals surface area contributed by atoms with Gasteiger partial charge in [-0.05, 0) is 30.1 Å². The second-order valence-electron chi connectivity index (χ2n) is 4.40. The van der Waals surface area contributed by atoms with Crippen LogP contribution in [0.3, 0.4) is 0 Å². The van der Waals surface area contributed by atoms with Gasteiger partial charge in [0.1, 0.15) is 4.21 Å². The van der Waals surface area contributed by atoms with E-state index >= 15 is 0 Å². The van der Waals surface area contributed by atoms with Gasteiger partial charge in [-0.2, -0.15) is 5.10 Å². The Labute approximate surface area is 122 Å². The molecule has 0 aliphatic rings. The Morgan fingerprint density at radius 3 is 2.90 bits per heavy atom. The molecule has 8 heteroatoms. The van der Waals surface area contributed by atoms with E-state index in [1.807, 2.05) is 25.5 Å². The van der Waals surface area contributed by atoms with E-state index in [9.17, 15) is 8.42 Å². The van der Waals surface area contributed by atoms with Crippen LogP contribution < -0.4 is 10.0 Å². The molecule has 0 fully saturated rings. The minimum Gasteiger partial charge on any atom is -0.316 e. The SMILES string of the molecule is CNCc1csc(S(=O)(=O)NCCc2ccnn2C)c1. The predicted octanol–water partition coefficient (Wildman–Crippen LogP) is 0.722. The molecule has 2 heterocycles. The van der Waals surface area contributed by atoms with Gasteiger partial charge in [0.05, 0.1) is 0 Å². The van der Waals surface area contributed by atoms with Crippen molar-refractivity contribution >= 4 is 21.4 Å². The van der Waals surface area contributed by atoms with Gasteiger partial charge in [0.15, 0.2) is 0 Å². The highest BCUT2D eigenvalue weighted by Gasteiger charge is 2.16. The summed E-state index contributed by atoms with van der Waals surface area (Å²) in [6, 6.07) is 3.58. The summed E-state index contributed by atoms with van der Waals surface area (Å²) in [7, 11) is 0.259. The van der Waals surface area contributed by atoms with Gasteiger partial charge < -0.3 is 5.32 Å². The number of aromatic nitrogens is 2. The summed E-state index contributed by atoms with van der Waals surface area (Å²) in [6.45, 7) is 1.03. The minimum atomic E-state index is -3.41. The van der Waals surface area contributed by atoms with Gasteiger partial charge >= 0.3 is 0 Å². The monoisotopic (exact) mass is 314 g/mol. The molecule has 0 amide bonds. The standard InChI is InChI=1S/C12H18N4O2S2/c1-13-8-10-7-12(19-9-10)20(17,18)15-6-4-11-3-5-14-16(11)2/h3,5,7,9,13,15H,4,6,8H2,1-2H3. The largest absolute Gasteiger partial charge is 0.316 e. The van der Waals surface area contributed by atoms with Crippen molar-refractivity contribution in [1.29, 1.82) is 0 Å². The van der Waals surface area contributed by atoms with Gasteiger partial charge in [-0.3, -0.25) is 4.68 Å². The molecule has 2 aromatic rings. The summed E-state index contributed by atoms with van der Waals surface area (Å²) in [4.78, 5) is 0. The normalized spacial score (nSPS) is 11.9. The number of aryl methyl sites for hydroxylation is 1. The molecular formula is C12H18N4O2S2. The van der Waals surface area contributed by atoms with Crippen LogP contribution in [-0.2, 0) is 30.0 Å².